The van der Waals surface area contributed by atoms with Gasteiger partial charge in [0.2, 0.25) is 0 Å². The number of hydrogen-bond donors (Lipinski definition) is 1. The molecule has 3 heteroatoms. The molecule has 0 bridgehead atoms. The molecular weight excluding hydrogens is 326 g/mol. The van der Waals surface area contributed by atoms with Crippen molar-refractivity contribution in [2.24, 2.45) is 0 Å². The minimum absolute atomic E-state index is 0.486. The summed E-state index contributed by atoms with van der Waals surface area (Å²) in [6.45, 7) is 6.79. The SMILES string of the molecule is C=CC[N@@+]12CCC[C@@H]1c1ccccc1[C@@](O)(c1ccc(SC)cc1)C2. The van der Waals surface area contributed by atoms with Crippen molar-refractivity contribution in [2.45, 2.75) is 29.4 Å². The van der Waals surface area contributed by atoms with Crippen LogP contribution in [-0.2, 0) is 5.60 Å². The molecule has 1 fully saturated rings. The van der Waals surface area contributed by atoms with Gasteiger partial charge in [-0.1, -0.05) is 43.0 Å². The van der Waals surface area contributed by atoms with Crippen LogP contribution in [0.4, 0.5) is 0 Å². The molecule has 2 heterocycles. The van der Waals surface area contributed by atoms with Gasteiger partial charge in [0.15, 0.2) is 5.60 Å². The molecule has 2 aromatic carbocycles. The summed E-state index contributed by atoms with van der Waals surface area (Å²) in [6.07, 6.45) is 6.53. The molecule has 25 heavy (non-hydrogen) atoms. The summed E-state index contributed by atoms with van der Waals surface area (Å²) in [5.41, 5.74) is 2.49. The number of benzene rings is 2. The van der Waals surface area contributed by atoms with Crippen LogP contribution in [0.2, 0.25) is 0 Å². The average molecular weight is 353 g/mol. The molecule has 0 amide bonds. The molecule has 0 radical (unpaired) electrons. The summed E-state index contributed by atoms with van der Waals surface area (Å²) in [5.74, 6) is 0. The van der Waals surface area contributed by atoms with E-state index in [1.807, 2.05) is 6.08 Å². The molecule has 1 N–H and O–H groups in total. The van der Waals surface area contributed by atoms with Gasteiger partial charge < -0.3 is 9.59 Å². The van der Waals surface area contributed by atoms with Gasteiger partial charge in [0.05, 0.1) is 13.1 Å². The van der Waals surface area contributed by atoms with E-state index in [9.17, 15) is 5.11 Å². The van der Waals surface area contributed by atoms with Gasteiger partial charge in [-0.3, -0.25) is 0 Å². The zero-order valence-corrected chi connectivity index (χ0v) is 15.6. The maximum Gasteiger partial charge on any atom is 0.164 e. The van der Waals surface area contributed by atoms with E-state index in [2.05, 4.69) is 61.4 Å². The molecule has 1 saturated heterocycles. The second-order valence-corrected chi connectivity index (χ2v) is 8.29. The first-order valence-corrected chi connectivity index (χ1v) is 10.3. The van der Waals surface area contributed by atoms with Gasteiger partial charge in [0.1, 0.15) is 12.6 Å². The fourth-order valence-electron chi connectivity index (χ4n) is 5.03. The normalized spacial score (nSPS) is 30.6. The van der Waals surface area contributed by atoms with E-state index in [-0.39, 0.29) is 0 Å². The Hall–Kier alpha value is -1.55. The quantitative estimate of drug-likeness (QED) is 0.497. The molecule has 0 spiro atoms. The van der Waals surface area contributed by atoms with E-state index in [1.165, 1.54) is 23.3 Å². The molecule has 3 atom stereocenters. The summed E-state index contributed by atoms with van der Waals surface area (Å²) in [7, 11) is 0. The number of rotatable bonds is 4. The minimum Gasteiger partial charge on any atom is -0.375 e. The van der Waals surface area contributed by atoms with Gasteiger partial charge >= 0.3 is 0 Å². The lowest BCUT2D eigenvalue weighted by atomic mass is 9.76. The summed E-state index contributed by atoms with van der Waals surface area (Å²) in [4.78, 5) is 1.23. The van der Waals surface area contributed by atoms with Crippen LogP contribution in [0.25, 0.3) is 0 Å². The van der Waals surface area contributed by atoms with Crippen LogP contribution in [0.1, 0.15) is 35.6 Å². The number of fused-ring (bicyclic) bond motifs is 3. The van der Waals surface area contributed by atoms with Gasteiger partial charge in [-0.2, -0.15) is 0 Å². The number of thioether (sulfide) groups is 1. The second-order valence-electron chi connectivity index (χ2n) is 7.41. The Morgan fingerprint density at radius 2 is 2.00 bits per heavy atom. The zero-order valence-electron chi connectivity index (χ0n) is 14.8. The first kappa shape index (κ1) is 16.9. The van der Waals surface area contributed by atoms with Crippen LogP contribution in [0.5, 0.6) is 0 Å². The molecule has 0 saturated carbocycles. The van der Waals surface area contributed by atoms with Gasteiger partial charge in [0, 0.05) is 28.9 Å². The van der Waals surface area contributed by atoms with Crippen LogP contribution in [0.3, 0.4) is 0 Å². The molecule has 130 valence electrons. The zero-order chi connectivity index (χ0) is 17.5. The highest BCUT2D eigenvalue weighted by molar-refractivity contribution is 7.98. The van der Waals surface area contributed by atoms with Crippen molar-refractivity contribution < 1.29 is 9.59 Å². The highest BCUT2D eigenvalue weighted by Gasteiger charge is 2.54. The molecule has 2 aliphatic heterocycles. The van der Waals surface area contributed by atoms with Crippen LogP contribution in [0, 0.1) is 0 Å². The summed E-state index contributed by atoms with van der Waals surface area (Å²) in [6, 6.07) is 17.4. The van der Waals surface area contributed by atoms with Crippen molar-refractivity contribution in [3.05, 3.63) is 77.9 Å². The summed E-state index contributed by atoms with van der Waals surface area (Å²) < 4.78 is 0.932. The third-order valence-electron chi connectivity index (χ3n) is 6.11. The lowest BCUT2D eigenvalue weighted by Crippen LogP contribution is -2.59. The van der Waals surface area contributed by atoms with Crippen LogP contribution in [0.15, 0.2) is 66.1 Å². The van der Waals surface area contributed by atoms with E-state index >= 15 is 0 Å². The van der Waals surface area contributed by atoms with Crippen molar-refractivity contribution in [3.8, 4) is 0 Å². The molecule has 2 aromatic rings. The van der Waals surface area contributed by atoms with Crippen molar-refractivity contribution in [1.29, 1.82) is 0 Å². The first-order valence-electron chi connectivity index (χ1n) is 9.06. The molecule has 0 aromatic heterocycles. The maximum atomic E-state index is 11.9. The smallest absolute Gasteiger partial charge is 0.164 e. The Bertz CT molecular complexity index is 787. The predicted octanol–water partition coefficient (Wildman–Crippen LogP) is 4.50. The van der Waals surface area contributed by atoms with Crippen molar-refractivity contribution in [2.75, 3.05) is 25.9 Å². The largest absolute Gasteiger partial charge is 0.375 e. The molecule has 0 unspecified atom stereocenters. The molecule has 2 aliphatic rings. The fraction of sp³-hybridized carbons (Fsp3) is 0.364. The van der Waals surface area contributed by atoms with Crippen LogP contribution >= 0.6 is 11.8 Å². The Morgan fingerprint density at radius 3 is 2.72 bits per heavy atom. The third-order valence-corrected chi connectivity index (χ3v) is 6.86. The van der Waals surface area contributed by atoms with Gasteiger partial charge in [-0.25, -0.2) is 0 Å². The van der Waals surface area contributed by atoms with E-state index in [4.69, 9.17) is 0 Å². The number of aliphatic hydroxyl groups is 1. The standard InChI is InChI=1S/C22H26NOS/c1-3-14-23-15-6-9-21(23)19-7-4-5-8-20(19)22(24,16-23)17-10-12-18(25-2)13-11-17/h3-5,7-8,10-13,21,24H,1,6,9,14-16H2,2H3/q+1/t21-,22+,23+/m1/s1. The van der Waals surface area contributed by atoms with E-state index in [0.29, 0.717) is 6.04 Å². The molecule has 4 rings (SSSR count). The third kappa shape index (κ3) is 2.57. The van der Waals surface area contributed by atoms with E-state index < -0.39 is 5.60 Å². The molecule has 0 aliphatic carbocycles. The average Bonchev–Trinajstić information content (AvgIpc) is 3.05. The number of nitrogens with zero attached hydrogens (tertiary/aromatic N) is 1. The van der Waals surface area contributed by atoms with Crippen molar-refractivity contribution in [3.63, 3.8) is 0 Å². The maximum absolute atomic E-state index is 11.9. The highest BCUT2D eigenvalue weighted by Crippen LogP contribution is 2.51. The Labute approximate surface area is 154 Å². The van der Waals surface area contributed by atoms with Crippen molar-refractivity contribution in [1.82, 2.24) is 0 Å². The summed E-state index contributed by atoms with van der Waals surface area (Å²) >= 11 is 1.73. The minimum atomic E-state index is -0.933. The summed E-state index contributed by atoms with van der Waals surface area (Å²) in [5, 5.41) is 11.9. The Balaban J connectivity index is 1.89. The first-order chi connectivity index (χ1) is 12.1. The van der Waals surface area contributed by atoms with Gasteiger partial charge in [0.25, 0.3) is 0 Å². The predicted molar refractivity (Wildman–Crippen MR) is 105 cm³/mol. The Morgan fingerprint density at radius 1 is 1.24 bits per heavy atom. The van der Waals surface area contributed by atoms with Gasteiger partial charge in [-0.05, 0) is 30.0 Å². The van der Waals surface area contributed by atoms with Crippen molar-refractivity contribution >= 4 is 11.8 Å². The Kier molecular flexibility index (Phi) is 4.27. The fourth-order valence-corrected chi connectivity index (χ4v) is 5.44. The number of quaternary nitrogens is 1. The molecule has 2 nitrogen and oxygen atoms in total. The lowest BCUT2D eigenvalue weighted by molar-refractivity contribution is -0.948. The monoisotopic (exact) mass is 352 g/mol. The second kappa shape index (κ2) is 6.31. The highest BCUT2D eigenvalue weighted by atomic mass is 32.2. The van der Waals surface area contributed by atoms with E-state index in [0.717, 1.165) is 35.2 Å². The van der Waals surface area contributed by atoms with E-state index in [1.54, 1.807) is 11.8 Å². The van der Waals surface area contributed by atoms with Gasteiger partial charge in [-0.15, -0.1) is 11.8 Å². The topological polar surface area (TPSA) is 20.2 Å². The molecular formula is C22H26NOS+. The van der Waals surface area contributed by atoms with Crippen LogP contribution < -0.4 is 0 Å². The van der Waals surface area contributed by atoms with Crippen LogP contribution in [-0.4, -0.2) is 35.5 Å². The lowest BCUT2D eigenvalue weighted by Gasteiger charge is -2.50. The number of hydrogen-bond acceptors (Lipinski definition) is 2.